The molecule has 0 aliphatic heterocycles. The fourth-order valence-corrected chi connectivity index (χ4v) is 3.45. The molecule has 0 aliphatic carbocycles. The van der Waals surface area contributed by atoms with Crippen molar-refractivity contribution in [3.05, 3.63) is 75.2 Å². The molecule has 154 valence electrons. The van der Waals surface area contributed by atoms with Crippen LogP contribution in [0.3, 0.4) is 0 Å². The molecule has 0 unspecified atom stereocenters. The monoisotopic (exact) mass is 430 g/mol. The Morgan fingerprint density at radius 3 is 2.83 bits per heavy atom. The summed E-state index contributed by atoms with van der Waals surface area (Å²) < 4.78 is 31.3. The molecule has 0 atom stereocenters. The van der Waals surface area contributed by atoms with Gasteiger partial charge in [0.2, 0.25) is 0 Å². The van der Waals surface area contributed by atoms with Crippen LogP contribution in [0.25, 0.3) is 22.4 Å². The number of halogens is 2. The van der Waals surface area contributed by atoms with Gasteiger partial charge in [0.05, 0.1) is 22.7 Å². The number of carbonyl (C=O) groups excluding carboxylic acids is 1. The van der Waals surface area contributed by atoms with Crippen LogP contribution in [0.5, 0.6) is 0 Å². The Morgan fingerprint density at radius 1 is 1.23 bits per heavy atom. The van der Waals surface area contributed by atoms with Crippen molar-refractivity contribution in [3.8, 4) is 11.3 Å². The average Bonchev–Trinajstić information content (AvgIpc) is 3.24. The van der Waals surface area contributed by atoms with E-state index in [4.69, 9.17) is 25.3 Å². The van der Waals surface area contributed by atoms with Gasteiger partial charge in [-0.25, -0.2) is 14.0 Å². The Balaban J connectivity index is 1.47. The zero-order valence-electron chi connectivity index (χ0n) is 15.9. The molecule has 2 heterocycles. The number of benzene rings is 2. The molecule has 0 bridgehead atoms. The van der Waals surface area contributed by atoms with Crippen LogP contribution in [-0.2, 0) is 11.3 Å². The molecule has 4 aromatic rings. The van der Waals surface area contributed by atoms with Crippen molar-refractivity contribution < 1.29 is 22.9 Å². The molecular formula is C21H16ClFN2O5. The molecule has 4 rings (SSSR count). The largest absolute Gasteiger partial charge is 0.462 e. The minimum Gasteiger partial charge on any atom is -0.462 e. The molecule has 2 aromatic carbocycles. The highest BCUT2D eigenvalue weighted by molar-refractivity contribution is 6.33. The number of nitrogens with zero attached hydrogens (tertiary/aromatic N) is 2. The van der Waals surface area contributed by atoms with Crippen LogP contribution >= 0.6 is 11.6 Å². The lowest BCUT2D eigenvalue weighted by molar-refractivity contribution is 0.0494. The molecule has 0 aliphatic rings. The first-order valence-corrected chi connectivity index (χ1v) is 9.51. The van der Waals surface area contributed by atoms with Crippen molar-refractivity contribution in [3.63, 3.8) is 0 Å². The van der Waals surface area contributed by atoms with E-state index in [9.17, 15) is 14.0 Å². The van der Waals surface area contributed by atoms with Crippen LogP contribution in [0.2, 0.25) is 5.02 Å². The molecule has 30 heavy (non-hydrogen) atoms. The van der Waals surface area contributed by atoms with Gasteiger partial charge < -0.3 is 13.7 Å². The molecule has 0 radical (unpaired) electrons. The fraction of sp³-hybridized carbons (Fsp3) is 0.190. The van der Waals surface area contributed by atoms with E-state index in [-0.39, 0.29) is 34.2 Å². The quantitative estimate of drug-likeness (QED) is 0.328. The third-order valence-electron chi connectivity index (χ3n) is 4.60. The number of rotatable bonds is 6. The lowest BCUT2D eigenvalue weighted by Gasteiger charge is -2.07. The summed E-state index contributed by atoms with van der Waals surface area (Å²) in [5.41, 5.74) is 1.12. The number of ether oxygens (including phenoxy) is 1. The lowest BCUT2D eigenvalue weighted by atomic mass is 10.1. The normalized spacial score (nSPS) is 11.2. The average molecular weight is 431 g/mol. The van der Waals surface area contributed by atoms with Gasteiger partial charge in [0.25, 0.3) is 0 Å². The van der Waals surface area contributed by atoms with Crippen molar-refractivity contribution in [2.75, 3.05) is 6.61 Å². The van der Waals surface area contributed by atoms with E-state index < -0.39 is 17.5 Å². The van der Waals surface area contributed by atoms with Gasteiger partial charge >= 0.3 is 11.7 Å². The van der Waals surface area contributed by atoms with Gasteiger partial charge in [-0.05, 0) is 37.6 Å². The zero-order chi connectivity index (χ0) is 21.3. The van der Waals surface area contributed by atoms with Crippen molar-refractivity contribution >= 4 is 28.7 Å². The van der Waals surface area contributed by atoms with E-state index in [1.807, 2.05) is 0 Å². The summed E-state index contributed by atoms with van der Waals surface area (Å²) in [6, 6.07) is 11.2. The maximum Gasteiger partial charge on any atom is 0.419 e. The predicted octanol–water partition coefficient (Wildman–Crippen LogP) is 4.60. The standard InChI is InChI=1S/C21H16ClFN2O5/c1-12-17(19(24-30-12)18-13(22)6-4-7-14(18)23)20(26)28-11-5-10-25-15-8-2-3-9-16(15)29-21(25)27/h2-4,6-9H,5,10-11H2,1H3. The number of carbonyl (C=O) groups is 1. The number of oxazole rings is 1. The summed E-state index contributed by atoms with van der Waals surface area (Å²) in [7, 11) is 0. The number of para-hydroxylation sites is 2. The smallest absolute Gasteiger partial charge is 0.419 e. The summed E-state index contributed by atoms with van der Waals surface area (Å²) in [5, 5.41) is 3.89. The molecule has 2 aromatic heterocycles. The molecule has 0 spiro atoms. The minimum atomic E-state index is -0.715. The summed E-state index contributed by atoms with van der Waals surface area (Å²) in [4.78, 5) is 24.6. The number of fused-ring (bicyclic) bond motifs is 1. The molecule has 0 fully saturated rings. The fourth-order valence-electron chi connectivity index (χ4n) is 3.19. The highest BCUT2D eigenvalue weighted by atomic mass is 35.5. The second kappa shape index (κ2) is 8.16. The molecule has 0 amide bonds. The van der Waals surface area contributed by atoms with E-state index in [0.717, 1.165) is 0 Å². The SMILES string of the molecule is Cc1onc(-c2c(F)cccc2Cl)c1C(=O)OCCCn1c(=O)oc2ccccc21. The number of aryl methyl sites for hydroxylation is 2. The molecule has 9 heteroatoms. The summed E-state index contributed by atoms with van der Waals surface area (Å²) in [6.07, 6.45) is 0.370. The minimum absolute atomic E-state index is 0.00734. The van der Waals surface area contributed by atoms with E-state index in [1.54, 1.807) is 24.3 Å². The zero-order valence-corrected chi connectivity index (χ0v) is 16.6. The van der Waals surface area contributed by atoms with Gasteiger partial charge in [-0.3, -0.25) is 4.57 Å². The van der Waals surface area contributed by atoms with Crippen molar-refractivity contribution in [2.45, 2.75) is 19.9 Å². The summed E-state index contributed by atoms with van der Waals surface area (Å²) in [5.74, 6) is -1.64. The Bertz CT molecular complexity index is 1270. The van der Waals surface area contributed by atoms with E-state index in [2.05, 4.69) is 5.16 Å². The van der Waals surface area contributed by atoms with Crippen molar-refractivity contribution in [1.82, 2.24) is 9.72 Å². The van der Waals surface area contributed by atoms with Gasteiger partial charge in [-0.15, -0.1) is 0 Å². The van der Waals surface area contributed by atoms with Gasteiger partial charge in [0, 0.05) is 6.54 Å². The molecule has 7 nitrogen and oxygen atoms in total. The summed E-state index contributed by atoms with van der Waals surface area (Å²) >= 11 is 6.08. The second-order valence-electron chi connectivity index (χ2n) is 6.54. The Kier molecular flexibility index (Phi) is 5.41. The van der Waals surface area contributed by atoms with Crippen LogP contribution in [0.4, 0.5) is 4.39 Å². The third-order valence-corrected chi connectivity index (χ3v) is 4.91. The van der Waals surface area contributed by atoms with E-state index >= 15 is 0 Å². The van der Waals surface area contributed by atoms with Crippen LogP contribution in [0, 0.1) is 12.7 Å². The van der Waals surface area contributed by atoms with E-state index in [0.29, 0.717) is 24.1 Å². The predicted molar refractivity (Wildman–Crippen MR) is 107 cm³/mol. The maximum absolute atomic E-state index is 14.3. The third kappa shape index (κ3) is 3.61. The van der Waals surface area contributed by atoms with Crippen molar-refractivity contribution in [2.24, 2.45) is 0 Å². The highest BCUT2D eigenvalue weighted by Crippen LogP contribution is 2.33. The Hall–Kier alpha value is -3.39. The van der Waals surface area contributed by atoms with Gasteiger partial charge in [-0.2, -0.15) is 0 Å². The first-order chi connectivity index (χ1) is 14.5. The number of esters is 1. The van der Waals surface area contributed by atoms with Gasteiger partial charge in [-0.1, -0.05) is 35.0 Å². The highest BCUT2D eigenvalue weighted by Gasteiger charge is 2.26. The number of aromatic nitrogens is 2. The molecule has 0 saturated heterocycles. The van der Waals surface area contributed by atoms with Gasteiger partial charge in [0.15, 0.2) is 5.58 Å². The number of hydrogen-bond acceptors (Lipinski definition) is 6. The topological polar surface area (TPSA) is 87.5 Å². The number of hydrogen-bond donors (Lipinski definition) is 0. The van der Waals surface area contributed by atoms with E-state index in [1.165, 1.54) is 29.7 Å². The first kappa shape index (κ1) is 19.9. The Morgan fingerprint density at radius 2 is 2.03 bits per heavy atom. The summed E-state index contributed by atoms with van der Waals surface area (Å²) in [6.45, 7) is 1.86. The molecular weight excluding hydrogens is 415 g/mol. The van der Waals surface area contributed by atoms with Crippen LogP contribution < -0.4 is 5.76 Å². The van der Waals surface area contributed by atoms with Crippen LogP contribution in [0.15, 0.2) is 56.2 Å². The van der Waals surface area contributed by atoms with Crippen LogP contribution in [-0.4, -0.2) is 22.3 Å². The van der Waals surface area contributed by atoms with Crippen LogP contribution in [0.1, 0.15) is 22.5 Å². The Labute approximate surface area is 174 Å². The molecule has 0 N–H and O–H groups in total. The molecule has 0 saturated carbocycles. The van der Waals surface area contributed by atoms with Crippen molar-refractivity contribution in [1.29, 1.82) is 0 Å². The lowest BCUT2D eigenvalue weighted by Crippen LogP contribution is -2.16. The maximum atomic E-state index is 14.3. The van der Waals surface area contributed by atoms with Gasteiger partial charge in [0.1, 0.15) is 22.8 Å². The second-order valence-corrected chi connectivity index (χ2v) is 6.94. The first-order valence-electron chi connectivity index (χ1n) is 9.13.